The topological polar surface area (TPSA) is 118 Å². The molecule has 3 aliphatic rings. The number of hydrogen-bond donors (Lipinski definition) is 2. The molecule has 1 aromatic carbocycles. The number of benzene rings is 1. The highest BCUT2D eigenvalue weighted by molar-refractivity contribution is 7.92. The standard InChI is InChI=1S/C24H31N7O3S/c32-14-15-35(33,34)27-18-4-5-22(23(16-18)29-12-9-24(7-8-24)10-13-29)31-17-21(25-28-31)20-6-11-30(26-20)19-2-1-3-19/h4-6,11,16-17,19,27,32H,1-3,7-10,12-15H2. The van der Waals surface area contributed by atoms with E-state index < -0.39 is 16.6 Å². The van der Waals surface area contributed by atoms with Crippen molar-refractivity contribution in [2.75, 3.05) is 35.1 Å². The summed E-state index contributed by atoms with van der Waals surface area (Å²) in [4.78, 5) is 2.31. The lowest BCUT2D eigenvalue weighted by atomic mass is 9.93. The molecular weight excluding hydrogens is 466 g/mol. The van der Waals surface area contributed by atoms with Crippen molar-refractivity contribution in [2.45, 2.75) is 51.0 Å². The number of aliphatic hydroxyl groups is 1. The molecule has 2 aromatic heterocycles. The van der Waals surface area contributed by atoms with Gasteiger partial charge in [-0.1, -0.05) is 5.21 Å². The average molecular weight is 498 g/mol. The maximum atomic E-state index is 12.3. The Morgan fingerprint density at radius 3 is 2.54 bits per heavy atom. The largest absolute Gasteiger partial charge is 0.395 e. The van der Waals surface area contributed by atoms with Gasteiger partial charge in [-0.05, 0) is 74.6 Å². The molecule has 2 saturated carbocycles. The quantitative estimate of drug-likeness (QED) is 0.491. The van der Waals surface area contributed by atoms with E-state index in [9.17, 15) is 8.42 Å². The fraction of sp³-hybridized carbons (Fsp3) is 0.542. The van der Waals surface area contributed by atoms with Crippen LogP contribution in [0.1, 0.15) is 51.0 Å². The van der Waals surface area contributed by atoms with Crippen molar-refractivity contribution in [2.24, 2.45) is 5.41 Å². The number of piperidine rings is 1. The van der Waals surface area contributed by atoms with Gasteiger partial charge in [0.2, 0.25) is 10.0 Å². The minimum Gasteiger partial charge on any atom is -0.395 e. The second kappa shape index (κ2) is 8.63. The second-order valence-corrected chi connectivity index (χ2v) is 12.0. The highest BCUT2D eigenvalue weighted by Gasteiger charge is 2.44. The zero-order valence-electron chi connectivity index (χ0n) is 19.7. The maximum Gasteiger partial charge on any atom is 0.234 e. The van der Waals surface area contributed by atoms with Crippen LogP contribution in [0.25, 0.3) is 17.1 Å². The van der Waals surface area contributed by atoms with Crippen LogP contribution in [0.3, 0.4) is 0 Å². The molecule has 1 aliphatic heterocycles. The second-order valence-electron chi connectivity index (χ2n) is 10.1. The van der Waals surface area contributed by atoms with Crippen LogP contribution in [0.4, 0.5) is 11.4 Å². The van der Waals surface area contributed by atoms with E-state index in [1.807, 2.05) is 35.3 Å². The zero-order chi connectivity index (χ0) is 24.0. The molecule has 0 atom stereocenters. The Labute approximate surface area is 205 Å². The van der Waals surface area contributed by atoms with Crippen molar-refractivity contribution in [1.29, 1.82) is 0 Å². The first-order valence-corrected chi connectivity index (χ1v) is 14.1. The van der Waals surface area contributed by atoms with E-state index in [0.29, 0.717) is 22.8 Å². The van der Waals surface area contributed by atoms with Crippen LogP contribution in [-0.2, 0) is 10.0 Å². The normalized spacial score (nSPS) is 19.6. The molecule has 0 radical (unpaired) electrons. The van der Waals surface area contributed by atoms with Crippen molar-refractivity contribution in [1.82, 2.24) is 24.8 Å². The molecule has 3 fully saturated rings. The first-order chi connectivity index (χ1) is 16.9. The Morgan fingerprint density at radius 1 is 1.06 bits per heavy atom. The average Bonchev–Trinajstić information content (AvgIpc) is 3.18. The van der Waals surface area contributed by atoms with E-state index in [4.69, 9.17) is 10.2 Å². The van der Waals surface area contributed by atoms with Gasteiger partial charge >= 0.3 is 0 Å². The summed E-state index contributed by atoms with van der Waals surface area (Å²) < 4.78 is 30.9. The number of aromatic nitrogens is 5. The summed E-state index contributed by atoms with van der Waals surface area (Å²) >= 11 is 0. The Morgan fingerprint density at radius 2 is 1.86 bits per heavy atom. The van der Waals surface area contributed by atoms with Crippen molar-refractivity contribution in [3.05, 3.63) is 36.7 Å². The first-order valence-electron chi connectivity index (χ1n) is 12.4. The number of sulfonamides is 1. The monoisotopic (exact) mass is 497 g/mol. The summed E-state index contributed by atoms with van der Waals surface area (Å²) in [6.45, 7) is 1.42. The first kappa shape index (κ1) is 22.5. The number of nitrogens with one attached hydrogen (secondary N) is 1. The molecule has 3 aromatic rings. The van der Waals surface area contributed by atoms with Crippen molar-refractivity contribution < 1.29 is 13.5 Å². The number of hydrogen-bond acceptors (Lipinski definition) is 7. The highest BCUT2D eigenvalue weighted by atomic mass is 32.2. The fourth-order valence-electron chi connectivity index (χ4n) is 5.11. The van der Waals surface area contributed by atoms with Crippen molar-refractivity contribution >= 4 is 21.4 Å². The number of aliphatic hydroxyl groups excluding tert-OH is 1. The number of anilines is 2. The molecule has 2 N–H and O–H groups in total. The molecule has 0 bridgehead atoms. The zero-order valence-corrected chi connectivity index (χ0v) is 20.5. The third-order valence-corrected chi connectivity index (χ3v) is 9.06. The van der Waals surface area contributed by atoms with Gasteiger partial charge in [-0.15, -0.1) is 5.10 Å². The molecule has 0 unspecified atom stereocenters. The van der Waals surface area contributed by atoms with Gasteiger partial charge in [0.15, 0.2) is 0 Å². The van der Waals surface area contributed by atoms with Crippen LogP contribution in [0.15, 0.2) is 36.7 Å². The van der Waals surface area contributed by atoms with Crippen LogP contribution in [0.2, 0.25) is 0 Å². The van der Waals surface area contributed by atoms with Crippen molar-refractivity contribution in [3.63, 3.8) is 0 Å². The summed E-state index contributed by atoms with van der Waals surface area (Å²) in [5.74, 6) is -0.337. The van der Waals surface area contributed by atoms with Gasteiger partial charge < -0.3 is 10.0 Å². The third-order valence-electron chi connectivity index (χ3n) is 7.79. The minimum absolute atomic E-state index is 0.337. The van der Waals surface area contributed by atoms with Crippen LogP contribution < -0.4 is 9.62 Å². The predicted molar refractivity (Wildman–Crippen MR) is 133 cm³/mol. The maximum absolute atomic E-state index is 12.3. The van der Waals surface area contributed by atoms with Gasteiger partial charge in [0, 0.05) is 19.3 Å². The Kier molecular flexibility index (Phi) is 5.56. The summed E-state index contributed by atoms with van der Waals surface area (Å²) in [5, 5.41) is 22.6. The number of rotatable bonds is 8. The highest BCUT2D eigenvalue weighted by Crippen LogP contribution is 2.54. The van der Waals surface area contributed by atoms with E-state index in [1.54, 1.807) is 10.7 Å². The lowest BCUT2D eigenvalue weighted by Crippen LogP contribution is -2.35. The van der Waals surface area contributed by atoms with Crippen LogP contribution in [0.5, 0.6) is 0 Å². The summed E-state index contributed by atoms with van der Waals surface area (Å²) in [7, 11) is -3.62. The molecule has 186 valence electrons. The van der Waals surface area contributed by atoms with Gasteiger partial charge in [0.1, 0.15) is 11.4 Å². The molecule has 2 aliphatic carbocycles. The van der Waals surface area contributed by atoms with Gasteiger partial charge in [-0.3, -0.25) is 9.40 Å². The fourth-order valence-corrected chi connectivity index (χ4v) is 5.94. The summed E-state index contributed by atoms with van der Waals surface area (Å²) in [6.07, 6.45) is 12.4. The molecule has 0 amide bonds. The van der Waals surface area contributed by atoms with Gasteiger partial charge in [0.25, 0.3) is 0 Å². The Balaban J connectivity index is 1.31. The Bertz CT molecular complexity index is 1310. The van der Waals surface area contributed by atoms with Gasteiger partial charge in [-0.25, -0.2) is 13.1 Å². The minimum atomic E-state index is -3.62. The van der Waals surface area contributed by atoms with E-state index >= 15 is 0 Å². The van der Waals surface area contributed by atoms with E-state index in [-0.39, 0.29) is 5.75 Å². The van der Waals surface area contributed by atoms with Crippen molar-refractivity contribution in [3.8, 4) is 17.1 Å². The van der Waals surface area contributed by atoms with E-state index in [2.05, 4.69) is 19.9 Å². The lowest BCUT2D eigenvalue weighted by molar-refractivity contribution is 0.290. The van der Waals surface area contributed by atoms with Gasteiger partial charge in [-0.2, -0.15) is 5.10 Å². The lowest BCUT2D eigenvalue weighted by Gasteiger charge is -2.35. The molecule has 1 spiro atoms. The van der Waals surface area contributed by atoms with E-state index in [0.717, 1.165) is 43.0 Å². The smallest absolute Gasteiger partial charge is 0.234 e. The van der Waals surface area contributed by atoms with Crippen LogP contribution in [-0.4, -0.2) is 63.7 Å². The SMILES string of the molecule is O=S(=O)(CCO)Nc1ccc(-n2cc(-c3ccn(C4CCC4)n3)nn2)c(N2CCC3(CC2)CC3)c1. The molecule has 11 heteroatoms. The van der Waals surface area contributed by atoms with Crippen LogP contribution >= 0.6 is 0 Å². The molecular formula is C24H31N7O3S. The molecule has 10 nitrogen and oxygen atoms in total. The third kappa shape index (κ3) is 4.54. The summed E-state index contributed by atoms with van der Waals surface area (Å²) in [5.41, 5.74) is 4.27. The van der Waals surface area contributed by atoms with E-state index in [1.165, 1.54) is 32.1 Å². The Hall–Kier alpha value is -2.92. The number of nitrogens with zero attached hydrogens (tertiary/aromatic N) is 6. The predicted octanol–water partition coefficient (Wildman–Crippen LogP) is 2.97. The molecule has 6 rings (SSSR count). The summed E-state index contributed by atoms with van der Waals surface area (Å²) in [6, 6.07) is 7.93. The van der Waals surface area contributed by atoms with Gasteiger partial charge in [0.05, 0.1) is 41.7 Å². The van der Waals surface area contributed by atoms with Crippen LogP contribution in [0, 0.1) is 5.41 Å². The molecule has 1 saturated heterocycles. The molecule has 3 heterocycles. The molecule has 35 heavy (non-hydrogen) atoms.